The Kier molecular flexibility index (Phi) is 5.29. The molecule has 176 valence electrons. The lowest BCUT2D eigenvalue weighted by molar-refractivity contribution is -0.142. The number of alkyl halides is 3. The number of anilines is 1. The number of hydrogen-bond donors (Lipinski definition) is 2. The number of carbonyl (C=O) groups is 1. The van der Waals surface area contributed by atoms with Crippen molar-refractivity contribution < 1.29 is 27.8 Å². The molecular weight excluding hydrogens is 433 g/mol. The predicted molar refractivity (Wildman–Crippen MR) is 116 cm³/mol. The Labute approximate surface area is 190 Å². The summed E-state index contributed by atoms with van der Waals surface area (Å²) in [6, 6.07) is 8.26. The number of nitrogens with one attached hydrogen (secondary N) is 1. The van der Waals surface area contributed by atoms with Crippen molar-refractivity contribution in [2.45, 2.75) is 69.2 Å². The van der Waals surface area contributed by atoms with Gasteiger partial charge in [-0.25, -0.2) is 4.98 Å². The van der Waals surface area contributed by atoms with Gasteiger partial charge in [0.2, 0.25) is 0 Å². The number of fused-ring (bicyclic) bond motifs is 1. The fraction of sp³-hybridized carbons (Fsp3) is 0.520. The van der Waals surface area contributed by atoms with Gasteiger partial charge in [-0.05, 0) is 66.8 Å². The van der Waals surface area contributed by atoms with Gasteiger partial charge in [0.1, 0.15) is 17.2 Å². The van der Waals surface area contributed by atoms with Crippen LogP contribution in [-0.2, 0) is 17.4 Å². The average molecular weight is 460 g/mol. The number of halogens is 3. The van der Waals surface area contributed by atoms with Crippen molar-refractivity contribution in [1.82, 2.24) is 4.98 Å². The zero-order valence-corrected chi connectivity index (χ0v) is 18.4. The Bertz CT molecular complexity index is 1060. The summed E-state index contributed by atoms with van der Waals surface area (Å²) in [7, 11) is 0. The number of ether oxygens (including phenoxy) is 1. The second-order valence-electron chi connectivity index (χ2n) is 9.79. The first-order valence-corrected chi connectivity index (χ1v) is 11.5. The Morgan fingerprint density at radius 3 is 2.70 bits per heavy atom. The average Bonchev–Trinajstić information content (AvgIpc) is 3.57. The number of benzene rings is 1. The number of aromatic nitrogens is 1. The van der Waals surface area contributed by atoms with E-state index in [1.165, 1.54) is 12.3 Å². The van der Waals surface area contributed by atoms with E-state index in [4.69, 9.17) is 4.74 Å². The molecule has 3 aliphatic rings. The van der Waals surface area contributed by atoms with Gasteiger partial charge in [0, 0.05) is 25.1 Å². The second kappa shape index (κ2) is 7.92. The van der Waals surface area contributed by atoms with Gasteiger partial charge in [0.05, 0.1) is 11.5 Å². The van der Waals surface area contributed by atoms with Gasteiger partial charge in [0.15, 0.2) is 0 Å². The third-order valence-corrected chi connectivity index (χ3v) is 7.40. The molecule has 8 heteroatoms. The fourth-order valence-corrected chi connectivity index (χ4v) is 5.48. The number of carboxylic acids is 1. The van der Waals surface area contributed by atoms with Crippen molar-refractivity contribution in [3.8, 4) is 5.75 Å². The quantitative estimate of drug-likeness (QED) is 0.583. The summed E-state index contributed by atoms with van der Waals surface area (Å²) in [6.07, 6.45) is 1.83. The molecule has 0 saturated heterocycles. The van der Waals surface area contributed by atoms with E-state index in [1.54, 1.807) is 6.92 Å². The highest BCUT2D eigenvalue weighted by Crippen LogP contribution is 2.50. The molecule has 2 N–H and O–H groups in total. The van der Waals surface area contributed by atoms with Crippen LogP contribution in [0.3, 0.4) is 0 Å². The van der Waals surface area contributed by atoms with Crippen LogP contribution in [0.25, 0.3) is 0 Å². The molecule has 2 saturated carbocycles. The minimum Gasteiger partial charge on any atom is -0.487 e. The summed E-state index contributed by atoms with van der Waals surface area (Å²) >= 11 is 0. The number of hydrogen-bond acceptors (Lipinski definition) is 4. The van der Waals surface area contributed by atoms with Crippen LogP contribution in [-0.4, -0.2) is 27.7 Å². The molecule has 1 aromatic carbocycles. The Morgan fingerprint density at radius 2 is 2.03 bits per heavy atom. The predicted octanol–water partition coefficient (Wildman–Crippen LogP) is 5.65. The molecule has 1 spiro atoms. The van der Waals surface area contributed by atoms with E-state index >= 15 is 0 Å². The van der Waals surface area contributed by atoms with Gasteiger partial charge >= 0.3 is 12.1 Å². The molecule has 2 heterocycles. The summed E-state index contributed by atoms with van der Waals surface area (Å²) in [5.41, 5.74) is 0.941. The van der Waals surface area contributed by atoms with Crippen LogP contribution in [0, 0.1) is 11.8 Å². The van der Waals surface area contributed by atoms with Crippen molar-refractivity contribution in [2.75, 3.05) is 5.32 Å². The van der Waals surface area contributed by atoms with Crippen molar-refractivity contribution >= 4 is 11.8 Å². The summed E-state index contributed by atoms with van der Waals surface area (Å²) < 4.78 is 46.2. The largest absolute Gasteiger partial charge is 0.487 e. The van der Waals surface area contributed by atoms with Crippen LogP contribution in [0.2, 0.25) is 0 Å². The first-order chi connectivity index (χ1) is 15.7. The van der Waals surface area contributed by atoms with Gasteiger partial charge in [-0.1, -0.05) is 19.1 Å². The van der Waals surface area contributed by atoms with Gasteiger partial charge in [-0.15, -0.1) is 0 Å². The van der Waals surface area contributed by atoms with Crippen LogP contribution in [0.5, 0.6) is 5.75 Å². The number of nitrogens with zero attached hydrogens (tertiary/aromatic N) is 1. The standard InChI is InChI=1S/C25H27F3N2O3/c1-14(23(31)32)21(16-5-6-16)17-7-4-15-8-9-24(33-20(15)11-17)12-18(13-24)30-22-19(25(26,27)28)3-2-10-29-22/h2-4,7,10-11,14,16,18,21H,5-6,8-9,12-13H2,1H3,(H,29,30)(H,31,32). The minimum atomic E-state index is -4.46. The highest BCUT2D eigenvalue weighted by molar-refractivity contribution is 5.71. The van der Waals surface area contributed by atoms with E-state index in [1.807, 2.05) is 18.2 Å². The van der Waals surface area contributed by atoms with Crippen LogP contribution in [0.1, 0.15) is 61.6 Å². The molecule has 2 unspecified atom stereocenters. The number of pyridine rings is 1. The highest BCUT2D eigenvalue weighted by atomic mass is 19.4. The molecule has 5 nitrogen and oxygen atoms in total. The van der Waals surface area contributed by atoms with E-state index in [-0.39, 0.29) is 17.8 Å². The lowest BCUT2D eigenvalue weighted by Gasteiger charge is -2.50. The van der Waals surface area contributed by atoms with Gasteiger partial charge in [-0.3, -0.25) is 4.79 Å². The zero-order valence-electron chi connectivity index (χ0n) is 18.4. The maximum atomic E-state index is 13.3. The SMILES string of the molecule is CC(C(=O)O)C(c1ccc2c(c1)OC1(CC2)CC(Nc2ncccc2C(F)(F)F)C1)C1CC1. The zero-order chi connectivity index (χ0) is 23.4. The van der Waals surface area contributed by atoms with Crippen LogP contribution in [0.15, 0.2) is 36.5 Å². The molecular formula is C25H27F3N2O3. The highest BCUT2D eigenvalue weighted by Gasteiger charge is 2.49. The normalized spacial score (nSPS) is 26.0. The van der Waals surface area contributed by atoms with Gasteiger partial charge in [0.25, 0.3) is 0 Å². The summed E-state index contributed by atoms with van der Waals surface area (Å²) in [5, 5.41) is 12.5. The van der Waals surface area contributed by atoms with Crippen LogP contribution < -0.4 is 10.1 Å². The van der Waals surface area contributed by atoms with Crippen molar-refractivity contribution in [2.24, 2.45) is 11.8 Å². The van der Waals surface area contributed by atoms with Gasteiger partial charge < -0.3 is 15.2 Å². The monoisotopic (exact) mass is 460 g/mol. The maximum Gasteiger partial charge on any atom is 0.419 e. The molecule has 1 aliphatic heterocycles. The summed E-state index contributed by atoms with van der Waals surface area (Å²) in [6.45, 7) is 1.77. The molecule has 5 rings (SSSR count). The van der Waals surface area contributed by atoms with Crippen LogP contribution >= 0.6 is 0 Å². The third kappa shape index (κ3) is 4.27. The van der Waals surface area contributed by atoms with Crippen molar-refractivity contribution in [3.05, 3.63) is 53.2 Å². The molecule has 33 heavy (non-hydrogen) atoms. The number of aryl methyl sites for hydroxylation is 1. The maximum absolute atomic E-state index is 13.3. The van der Waals surface area contributed by atoms with E-state index < -0.39 is 29.2 Å². The first kappa shape index (κ1) is 22.0. The molecule has 1 aromatic heterocycles. The van der Waals surface area contributed by atoms with Gasteiger partial charge in [-0.2, -0.15) is 13.2 Å². The Morgan fingerprint density at radius 1 is 1.27 bits per heavy atom. The van der Waals surface area contributed by atoms with Crippen molar-refractivity contribution in [3.63, 3.8) is 0 Å². The summed E-state index contributed by atoms with van der Waals surface area (Å²) in [4.78, 5) is 15.6. The molecule has 2 aromatic rings. The second-order valence-corrected chi connectivity index (χ2v) is 9.79. The number of aliphatic carboxylic acids is 1. The molecule has 0 radical (unpaired) electrons. The van der Waals surface area contributed by atoms with E-state index in [2.05, 4.69) is 10.3 Å². The van der Waals surface area contributed by atoms with E-state index in [0.29, 0.717) is 18.8 Å². The third-order valence-electron chi connectivity index (χ3n) is 7.40. The van der Waals surface area contributed by atoms with E-state index in [9.17, 15) is 23.1 Å². The Balaban J connectivity index is 1.30. The van der Waals surface area contributed by atoms with Crippen LogP contribution in [0.4, 0.5) is 19.0 Å². The summed E-state index contributed by atoms with van der Waals surface area (Å²) in [5.74, 6) is -0.248. The molecule has 2 fully saturated rings. The minimum absolute atomic E-state index is 0.0324. The lowest BCUT2D eigenvalue weighted by Crippen LogP contribution is -2.56. The fourth-order valence-electron chi connectivity index (χ4n) is 5.48. The molecule has 0 amide bonds. The number of carboxylic acid groups (broad SMARTS) is 1. The molecule has 0 bridgehead atoms. The molecule has 2 aliphatic carbocycles. The van der Waals surface area contributed by atoms with Crippen molar-refractivity contribution in [1.29, 1.82) is 0 Å². The smallest absolute Gasteiger partial charge is 0.419 e. The molecule has 2 atom stereocenters. The first-order valence-electron chi connectivity index (χ1n) is 11.5. The van der Waals surface area contributed by atoms with E-state index in [0.717, 1.165) is 48.6 Å². The topological polar surface area (TPSA) is 71.5 Å². The Hall–Kier alpha value is -2.77. The lowest BCUT2D eigenvalue weighted by atomic mass is 9.70. The number of rotatable bonds is 6.